The molecule has 0 radical (unpaired) electrons. The molecule has 104 valence electrons. The average molecular weight is 256 g/mol. The van der Waals surface area contributed by atoms with Crippen LogP contribution in [0.3, 0.4) is 0 Å². The van der Waals surface area contributed by atoms with Crippen molar-refractivity contribution in [3.05, 3.63) is 0 Å². The summed E-state index contributed by atoms with van der Waals surface area (Å²) < 4.78 is 4.66. The van der Waals surface area contributed by atoms with Gasteiger partial charge >= 0.3 is 5.97 Å². The summed E-state index contributed by atoms with van der Waals surface area (Å²) in [5.41, 5.74) is 4.28. The molecule has 0 aromatic heterocycles. The molecule has 1 aliphatic rings. The number of amides is 1. The van der Waals surface area contributed by atoms with Crippen LogP contribution in [0.5, 0.6) is 0 Å². The molecular formula is C13H24N2O3. The molecule has 18 heavy (non-hydrogen) atoms. The second-order valence-electron chi connectivity index (χ2n) is 5.93. The van der Waals surface area contributed by atoms with E-state index in [9.17, 15) is 9.59 Å². The number of nitrogens with one attached hydrogen (secondary N) is 1. The highest BCUT2D eigenvalue weighted by atomic mass is 16.5. The molecule has 0 aliphatic heterocycles. The summed E-state index contributed by atoms with van der Waals surface area (Å²) in [6, 6.07) is 0. The van der Waals surface area contributed by atoms with Gasteiger partial charge in [-0.3, -0.25) is 4.79 Å². The smallest absolute Gasteiger partial charge is 0.330 e. The van der Waals surface area contributed by atoms with Crippen LogP contribution in [0, 0.1) is 5.92 Å². The Bertz CT molecular complexity index is 341. The molecule has 1 rings (SSSR count). The maximum absolute atomic E-state index is 12.3. The fourth-order valence-corrected chi connectivity index (χ4v) is 2.51. The molecule has 0 heterocycles. The minimum Gasteiger partial charge on any atom is -0.467 e. The van der Waals surface area contributed by atoms with Gasteiger partial charge in [-0.15, -0.1) is 0 Å². The van der Waals surface area contributed by atoms with E-state index in [1.807, 2.05) is 0 Å². The van der Waals surface area contributed by atoms with E-state index in [4.69, 9.17) is 5.73 Å². The van der Waals surface area contributed by atoms with E-state index in [0.717, 1.165) is 12.8 Å². The highest BCUT2D eigenvalue weighted by Crippen LogP contribution is 2.31. The van der Waals surface area contributed by atoms with Gasteiger partial charge in [-0.05, 0) is 32.6 Å². The van der Waals surface area contributed by atoms with Gasteiger partial charge in [-0.2, -0.15) is 0 Å². The Morgan fingerprint density at radius 3 is 2.56 bits per heavy atom. The zero-order chi connectivity index (χ0) is 14.0. The van der Waals surface area contributed by atoms with Gasteiger partial charge < -0.3 is 15.8 Å². The third kappa shape index (κ3) is 3.22. The molecule has 0 bridgehead atoms. The lowest BCUT2D eigenvalue weighted by Gasteiger charge is -2.37. The first-order chi connectivity index (χ1) is 8.21. The lowest BCUT2D eigenvalue weighted by atomic mass is 9.76. The topological polar surface area (TPSA) is 81.4 Å². The summed E-state index contributed by atoms with van der Waals surface area (Å²) in [6.07, 6.45) is 3.38. The zero-order valence-electron chi connectivity index (χ0n) is 11.7. The molecule has 0 aromatic carbocycles. The molecule has 1 amide bonds. The number of carbonyl (C=O) groups excluding carboxylic acids is 2. The highest BCUT2D eigenvalue weighted by molar-refractivity contribution is 5.92. The molecule has 1 aliphatic carbocycles. The Kier molecular flexibility index (Phi) is 4.37. The fraction of sp³-hybridized carbons (Fsp3) is 0.846. The summed E-state index contributed by atoms with van der Waals surface area (Å²) in [6.45, 7) is 5.33. The summed E-state index contributed by atoms with van der Waals surface area (Å²) in [5, 5.41) is 2.70. The third-order valence-corrected chi connectivity index (χ3v) is 3.61. The number of methoxy groups -OCH3 is 1. The maximum Gasteiger partial charge on any atom is 0.330 e. The fourth-order valence-electron chi connectivity index (χ4n) is 2.51. The Morgan fingerprint density at radius 2 is 2.06 bits per heavy atom. The van der Waals surface area contributed by atoms with Crippen LogP contribution in [0.25, 0.3) is 0 Å². The Labute approximate surface area is 108 Å². The van der Waals surface area contributed by atoms with Crippen LogP contribution in [-0.4, -0.2) is 30.1 Å². The van der Waals surface area contributed by atoms with Crippen molar-refractivity contribution in [2.45, 2.75) is 57.5 Å². The van der Waals surface area contributed by atoms with E-state index >= 15 is 0 Å². The monoisotopic (exact) mass is 256 g/mol. The van der Waals surface area contributed by atoms with Crippen LogP contribution in [0.1, 0.15) is 46.5 Å². The normalized spacial score (nSPS) is 28.6. The van der Waals surface area contributed by atoms with Crippen molar-refractivity contribution in [1.82, 2.24) is 5.32 Å². The first kappa shape index (κ1) is 15.0. The van der Waals surface area contributed by atoms with E-state index in [-0.39, 0.29) is 5.91 Å². The molecule has 3 N–H and O–H groups in total. The van der Waals surface area contributed by atoms with E-state index in [0.29, 0.717) is 18.8 Å². The van der Waals surface area contributed by atoms with Gasteiger partial charge in [0.25, 0.3) is 0 Å². The van der Waals surface area contributed by atoms with Gasteiger partial charge in [0, 0.05) is 0 Å². The molecule has 2 atom stereocenters. The van der Waals surface area contributed by atoms with Crippen molar-refractivity contribution in [1.29, 1.82) is 0 Å². The largest absolute Gasteiger partial charge is 0.467 e. The Balaban J connectivity index is 2.72. The highest BCUT2D eigenvalue weighted by Gasteiger charge is 2.41. The molecule has 1 fully saturated rings. The van der Waals surface area contributed by atoms with Gasteiger partial charge in [0.05, 0.1) is 12.6 Å². The maximum atomic E-state index is 12.3. The van der Waals surface area contributed by atoms with Crippen LogP contribution in [-0.2, 0) is 14.3 Å². The molecule has 0 spiro atoms. The number of hydrogen-bond acceptors (Lipinski definition) is 4. The number of nitrogens with two attached hydrogens (primary N) is 1. The minimum absolute atomic E-state index is 0.260. The van der Waals surface area contributed by atoms with Crippen LogP contribution in [0.15, 0.2) is 0 Å². The standard InChI is InChI=1S/C13H24N2O3/c1-9-6-5-7-13(14,8-9)10(16)15-12(2,3)11(17)18-4/h9H,5-8,14H2,1-4H3,(H,15,16). The zero-order valence-corrected chi connectivity index (χ0v) is 11.7. The quantitative estimate of drug-likeness (QED) is 0.737. The van der Waals surface area contributed by atoms with Gasteiger partial charge in [0.2, 0.25) is 5.91 Å². The van der Waals surface area contributed by atoms with E-state index in [1.165, 1.54) is 7.11 Å². The summed E-state index contributed by atoms with van der Waals surface area (Å²) in [4.78, 5) is 23.8. The van der Waals surface area contributed by atoms with Crippen molar-refractivity contribution < 1.29 is 14.3 Å². The molecule has 2 unspecified atom stereocenters. The second-order valence-corrected chi connectivity index (χ2v) is 5.93. The van der Waals surface area contributed by atoms with Crippen LogP contribution < -0.4 is 11.1 Å². The summed E-state index contributed by atoms with van der Waals surface area (Å²) in [5.74, 6) is -0.288. The summed E-state index contributed by atoms with van der Waals surface area (Å²) >= 11 is 0. The van der Waals surface area contributed by atoms with Gasteiger partial charge in [0.1, 0.15) is 5.54 Å². The average Bonchev–Trinajstić information content (AvgIpc) is 2.26. The lowest BCUT2D eigenvalue weighted by Crippen LogP contribution is -2.62. The number of ether oxygens (including phenoxy) is 1. The summed E-state index contributed by atoms with van der Waals surface area (Å²) in [7, 11) is 1.30. The first-order valence-corrected chi connectivity index (χ1v) is 6.41. The number of esters is 1. The number of carbonyl (C=O) groups is 2. The van der Waals surface area contributed by atoms with Crippen molar-refractivity contribution >= 4 is 11.9 Å². The molecule has 1 saturated carbocycles. The molecule has 0 saturated heterocycles. The molecule has 5 heteroatoms. The second kappa shape index (κ2) is 5.26. The van der Waals surface area contributed by atoms with Gasteiger partial charge in [-0.1, -0.05) is 19.8 Å². The predicted octanol–water partition coefficient (Wildman–Crippen LogP) is 0.962. The van der Waals surface area contributed by atoms with Crippen molar-refractivity contribution in [2.75, 3.05) is 7.11 Å². The van der Waals surface area contributed by atoms with Crippen LogP contribution in [0.2, 0.25) is 0 Å². The van der Waals surface area contributed by atoms with E-state index < -0.39 is 17.0 Å². The first-order valence-electron chi connectivity index (χ1n) is 6.41. The van der Waals surface area contributed by atoms with Crippen LogP contribution in [0.4, 0.5) is 0 Å². The van der Waals surface area contributed by atoms with E-state index in [1.54, 1.807) is 13.8 Å². The van der Waals surface area contributed by atoms with Gasteiger partial charge in [-0.25, -0.2) is 4.79 Å². The number of rotatable bonds is 3. The Morgan fingerprint density at radius 1 is 1.44 bits per heavy atom. The number of hydrogen-bond donors (Lipinski definition) is 2. The molecule has 5 nitrogen and oxygen atoms in total. The Hall–Kier alpha value is -1.10. The minimum atomic E-state index is -1.04. The third-order valence-electron chi connectivity index (χ3n) is 3.61. The molecular weight excluding hydrogens is 232 g/mol. The van der Waals surface area contributed by atoms with E-state index in [2.05, 4.69) is 17.0 Å². The van der Waals surface area contributed by atoms with Crippen molar-refractivity contribution in [3.8, 4) is 0 Å². The molecule has 0 aromatic rings. The van der Waals surface area contributed by atoms with Crippen molar-refractivity contribution in [2.24, 2.45) is 11.7 Å². The predicted molar refractivity (Wildman–Crippen MR) is 68.8 cm³/mol. The lowest BCUT2D eigenvalue weighted by molar-refractivity contribution is -0.150. The van der Waals surface area contributed by atoms with Crippen molar-refractivity contribution in [3.63, 3.8) is 0 Å². The SMILES string of the molecule is COC(=O)C(C)(C)NC(=O)C1(N)CCCC(C)C1. The van der Waals surface area contributed by atoms with Gasteiger partial charge in [0.15, 0.2) is 0 Å². The van der Waals surface area contributed by atoms with Crippen LogP contribution >= 0.6 is 0 Å².